The van der Waals surface area contributed by atoms with Crippen molar-refractivity contribution < 1.29 is 0 Å². The Hall–Kier alpha value is -1.38. The molecule has 3 aromatic rings. The highest BCUT2D eigenvalue weighted by molar-refractivity contribution is 7.17. The van der Waals surface area contributed by atoms with Crippen LogP contribution in [0.3, 0.4) is 0 Å². The molecule has 0 radical (unpaired) electrons. The topological polar surface area (TPSA) is 12.9 Å². The summed E-state index contributed by atoms with van der Waals surface area (Å²) in [6, 6.07) is 10.3. The van der Waals surface area contributed by atoms with Crippen LogP contribution in [0, 0.1) is 6.92 Å². The second-order valence-corrected chi connectivity index (χ2v) is 5.26. The van der Waals surface area contributed by atoms with Gasteiger partial charge in [-0.3, -0.25) is 0 Å². The maximum Gasteiger partial charge on any atom is 0.125 e. The average molecular weight is 260 g/mol. The normalized spacial score (nSPS) is 10.9. The monoisotopic (exact) mass is 259 g/mol. The molecule has 0 aliphatic carbocycles. The van der Waals surface area contributed by atoms with Crippen LogP contribution < -0.4 is 0 Å². The molecule has 0 atom stereocenters. The molecule has 17 heavy (non-hydrogen) atoms. The van der Waals surface area contributed by atoms with Crippen molar-refractivity contribution in [2.75, 3.05) is 0 Å². The van der Waals surface area contributed by atoms with Gasteiger partial charge in [-0.1, -0.05) is 41.4 Å². The Kier molecular flexibility index (Phi) is 2.61. The molecule has 0 fully saturated rings. The van der Waals surface area contributed by atoms with E-state index in [1.54, 1.807) is 17.5 Å². The van der Waals surface area contributed by atoms with E-state index in [1.807, 2.05) is 6.07 Å². The Balaban J connectivity index is 2.31. The van der Waals surface area contributed by atoms with Crippen LogP contribution in [0.15, 0.2) is 41.9 Å². The zero-order chi connectivity index (χ0) is 11.8. The summed E-state index contributed by atoms with van der Waals surface area (Å²) >= 11 is 7.89. The van der Waals surface area contributed by atoms with E-state index in [9.17, 15) is 0 Å². The fourth-order valence-electron chi connectivity index (χ4n) is 1.95. The van der Waals surface area contributed by atoms with Crippen LogP contribution in [0.2, 0.25) is 5.02 Å². The van der Waals surface area contributed by atoms with Crippen molar-refractivity contribution in [3.05, 3.63) is 52.5 Å². The molecule has 0 aliphatic rings. The number of hydrogen-bond donors (Lipinski definition) is 0. The molecule has 0 aliphatic heterocycles. The minimum Gasteiger partial charge on any atom is -0.245 e. The molecule has 2 heterocycles. The number of benzene rings is 1. The van der Waals surface area contributed by atoms with Gasteiger partial charge in [0.2, 0.25) is 0 Å². The Bertz CT molecular complexity index is 688. The van der Waals surface area contributed by atoms with Crippen molar-refractivity contribution in [3.63, 3.8) is 0 Å². The molecule has 0 amide bonds. The van der Waals surface area contributed by atoms with Gasteiger partial charge in [-0.05, 0) is 18.6 Å². The zero-order valence-corrected chi connectivity index (χ0v) is 10.8. The maximum absolute atomic E-state index is 6.26. The number of aryl methyl sites for hydroxylation is 1. The first-order chi connectivity index (χ1) is 8.25. The number of halogens is 1. The largest absolute Gasteiger partial charge is 0.245 e. The Morgan fingerprint density at radius 1 is 1.24 bits per heavy atom. The lowest BCUT2D eigenvalue weighted by Gasteiger charge is -2.02. The highest BCUT2D eigenvalue weighted by Crippen LogP contribution is 2.37. The van der Waals surface area contributed by atoms with Gasteiger partial charge in [-0.15, -0.1) is 11.3 Å². The fourth-order valence-corrected chi connectivity index (χ4v) is 3.20. The predicted octanol–water partition coefficient (Wildman–Crippen LogP) is 4.93. The lowest BCUT2D eigenvalue weighted by atomic mass is 10.0. The van der Waals surface area contributed by atoms with E-state index in [0.29, 0.717) is 0 Å². The van der Waals surface area contributed by atoms with Crippen molar-refractivity contribution in [2.24, 2.45) is 0 Å². The van der Waals surface area contributed by atoms with Crippen molar-refractivity contribution in [3.8, 4) is 11.1 Å². The van der Waals surface area contributed by atoms with Gasteiger partial charge < -0.3 is 0 Å². The number of hydrogen-bond acceptors (Lipinski definition) is 2. The molecular formula is C14H10ClNS. The van der Waals surface area contributed by atoms with Crippen LogP contribution >= 0.6 is 22.9 Å². The first kappa shape index (κ1) is 10.8. The molecule has 84 valence electrons. The van der Waals surface area contributed by atoms with Crippen LogP contribution in [-0.2, 0) is 0 Å². The molecule has 0 saturated carbocycles. The minimum atomic E-state index is 0.771. The van der Waals surface area contributed by atoms with Crippen molar-refractivity contribution in [1.29, 1.82) is 0 Å². The SMILES string of the molecule is Cc1cccc(-c2csc3nccc(Cl)c23)c1. The Labute approximate surface area is 109 Å². The summed E-state index contributed by atoms with van der Waals surface area (Å²) in [4.78, 5) is 5.34. The van der Waals surface area contributed by atoms with Gasteiger partial charge in [-0.25, -0.2) is 4.98 Å². The van der Waals surface area contributed by atoms with Crippen LogP contribution in [-0.4, -0.2) is 4.98 Å². The maximum atomic E-state index is 6.26. The third-order valence-electron chi connectivity index (χ3n) is 2.75. The van der Waals surface area contributed by atoms with Crippen molar-refractivity contribution in [1.82, 2.24) is 4.98 Å². The average Bonchev–Trinajstić information content (AvgIpc) is 2.74. The van der Waals surface area contributed by atoms with E-state index in [-0.39, 0.29) is 0 Å². The molecule has 3 rings (SSSR count). The van der Waals surface area contributed by atoms with E-state index in [4.69, 9.17) is 11.6 Å². The number of fused-ring (bicyclic) bond motifs is 1. The van der Waals surface area contributed by atoms with Gasteiger partial charge in [0, 0.05) is 22.5 Å². The summed E-state index contributed by atoms with van der Waals surface area (Å²) in [6.07, 6.45) is 1.75. The van der Waals surface area contributed by atoms with E-state index >= 15 is 0 Å². The standard InChI is InChI=1S/C14H10ClNS/c1-9-3-2-4-10(7-9)11-8-17-14-13(11)12(15)5-6-16-14/h2-8H,1H3. The molecule has 0 unspecified atom stereocenters. The molecule has 3 heteroatoms. The number of nitrogens with zero attached hydrogens (tertiary/aromatic N) is 1. The summed E-state index contributed by atoms with van der Waals surface area (Å²) in [6.45, 7) is 2.10. The van der Waals surface area contributed by atoms with Gasteiger partial charge in [0.25, 0.3) is 0 Å². The van der Waals surface area contributed by atoms with Crippen LogP contribution in [0.1, 0.15) is 5.56 Å². The van der Waals surface area contributed by atoms with Crippen molar-refractivity contribution >= 4 is 33.2 Å². The summed E-state index contributed by atoms with van der Waals surface area (Å²) in [7, 11) is 0. The van der Waals surface area contributed by atoms with Gasteiger partial charge in [0.1, 0.15) is 4.83 Å². The van der Waals surface area contributed by atoms with Gasteiger partial charge in [0.15, 0.2) is 0 Å². The zero-order valence-electron chi connectivity index (χ0n) is 9.27. The lowest BCUT2D eigenvalue weighted by molar-refractivity contribution is 1.44. The first-order valence-corrected chi connectivity index (χ1v) is 6.60. The van der Waals surface area contributed by atoms with E-state index < -0.39 is 0 Å². The second-order valence-electron chi connectivity index (χ2n) is 3.99. The molecule has 1 aromatic carbocycles. The molecular weight excluding hydrogens is 250 g/mol. The van der Waals surface area contributed by atoms with Crippen LogP contribution in [0.25, 0.3) is 21.3 Å². The van der Waals surface area contributed by atoms with Crippen LogP contribution in [0.4, 0.5) is 0 Å². The third kappa shape index (κ3) is 1.84. The number of thiophene rings is 1. The summed E-state index contributed by atoms with van der Waals surface area (Å²) in [5.74, 6) is 0. The van der Waals surface area contributed by atoms with Gasteiger partial charge in [0.05, 0.1) is 5.02 Å². The smallest absolute Gasteiger partial charge is 0.125 e. The fraction of sp³-hybridized carbons (Fsp3) is 0.0714. The predicted molar refractivity (Wildman–Crippen MR) is 74.8 cm³/mol. The number of aromatic nitrogens is 1. The summed E-state index contributed by atoms with van der Waals surface area (Å²) < 4.78 is 0. The molecule has 0 bridgehead atoms. The Morgan fingerprint density at radius 2 is 2.12 bits per heavy atom. The second kappa shape index (κ2) is 4.13. The number of rotatable bonds is 1. The van der Waals surface area contributed by atoms with Crippen LogP contribution in [0.5, 0.6) is 0 Å². The van der Waals surface area contributed by atoms with Crippen molar-refractivity contribution in [2.45, 2.75) is 6.92 Å². The molecule has 1 nitrogen and oxygen atoms in total. The summed E-state index contributed by atoms with van der Waals surface area (Å²) in [5.41, 5.74) is 3.62. The minimum absolute atomic E-state index is 0.771. The molecule has 0 N–H and O–H groups in total. The van der Waals surface area contributed by atoms with E-state index in [1.165, 1.54) is 16.7 Å². The molecule has 2 aromatic heterocycles. The molecule has 0 spiro atoms. The van der Waals surface area contributed by atoms with E-state index in [2.05, 4.69) is 41.6 Å². The number of pyridine rings is 1. The quantitative estimate of drug-likeness (QED) is 0.604. The van der Waals surface area contributed by atoms with Gasteiger partial charge >= 0.3 is 0 Å². The lowest BCUT2D eigenvalue weighted by Crippen LogP contribution is -1.79. The molecule has 0 saturated heterocycles. The van der Waals surface area contributed by atoms with Gasteiger partial charge in [-0.2, -0.15) is 0 Å². The highest BCUT2D eigenvalue weighted by atomic mass is 35.5. The van der Waals surface area contributed by atoms with E-state index in [0.717, 1.165) is 15.2 Å². The summed E-state index contributed by atoms with van der Waals surface area (Å²) in [5, 5.41) is 3.95. The highest BCUT2D eigenvalue weighted by Gasteiger charge is 2.10. The third-order valence-corrected chi connectivity index (χ3v) is 3.95. The Morgan fingerprint density at radius 3 is 2.94 bits per heavy atom. The first-order valence-electron chi connectivity index (χ1n) is 5.34.